The van der Waals surface area contributed by atoms with Crippen molar-refractivity contribution in [2.45, 2.75) is 11.5 Å². The van der Waals surface area contributed by atoms with Crippen LogP contribution in [0.25, 0.3) is 0 Å². The van der Waals surface area contributed by atoms with Crippen molar-refractivity contribution in [3.63, 3.8) is 0 Å². The summed E-state index contributed by atoms with van der Waals surface area (Å²) in [6.45, 7) is -0.805. The normalized spacial score (nSPS) is 18.4. The second-order valence-electron chi connectivity index (χ2n) is 1.73. The van der Waals surface area contributed by atoms with E-state index >= 15 is 0 Å². The SMILES string of the molecule is NC(C(O)CO)S(=O)(=O)O. The van der Waals surface area contributed by atoms with Crippen molar-refractivity contribution in [1.82, 2.24) is 0 Å². The Balaban J connectivity index is 4.23. The molecule has 0 aliphatic rings. The highest BCUT2D eigenvalue weighted by Crippen LogP contribution is 1.96. The van der Waals surface area contributed by atoms with Crippen LogP contribution in [0, 0.1) is 0 Å². The van der Waals surface area contributed by atoms with Gasteiger partial charge in [0.1, 0.15) is 6.10 Å². The molecule has 2 unspecified atom stereocenters. The van der Waals surface area contributed by atoms with E-state index in [4.69, 9.17) is 20.5 Å². The summed E-state index contributed by atoms with van der Waals surface area (Å²) in [4.78, 5) is 0. The van der Waals surface area contributed by atoms with E-state index in [1.165, 1.54) is 0 Å². The second-order valence-corrected chi connectivity index (χ2v) is 3.30. The first kappa shape index (κ1) is 9.79. The molecule has 0 fully saturated rings. The molecule has 0 heterocycles. The van der Waals surface area contributed by atoms with Gasteiger partial charge in [-0.25, -0.2) is 0 Å². The highest BCUT2D eigenvalue weighted by Gasteiger charge is 2.25. The van der Waals surface area contributed by atoms with Crippen LogP contribution in [-0.2, 0) is 10.1 Å². The van der Waals surface area contributed by atoms with E-state index in [0.29, 0.717) is 0 Å². The van der Waals surface area contributed by atoms with Gasteiger partial charge >= 0.3 is 0 Å². The quantitative estimate of drug-likeness (QED) is 0.349. The molecule has 0 saturated carbocycles. The van der Waals surface area contributed by atoms with Crippen LogP contribution in [0.5, 0.6) is 0 Å². The number of hydrogen-bond donors (Lipinski definition) is 4. The van der Waals surface area contributed by atoms with E-state index in [9.17, 15) is 8.42 Å². The second kappa shape index (κ2) is 3.26. The first-order valence-electron chi connectivity index (χ1n) is 2.40. The average Bonchev–Trinajstić information content (AvgIpc) is 1.83. The summed E-state index contributed by atoms with van der Waals surface area (Å²) in [7, 11) is -4.45. The number of aliphatic hydroxyl groups excluding tert-OH is 2. The lowest BCUT2D eigenvalue weighted by Gasteiger charge is -2.12. The Morgan fingerprint density at radius 3 is 2.00 bits per heavy atom. The molecule has 0 saturated heterocycles. The number of rotatable bonds is 3. The highest BCUT2D eigenvalue weighted by atomic mass is 32.2. The molecule has 0 amide bonds. The monoisotopic (exact) mass is 171 g/mol. The third-order valence-corrected chi connectivity index (χ3v) is 1.91. The first-order chi connectivity index (χ1) is 4.39. The molecule has 0 aliphatic carbocycles. The van der Waals surface area contributed by atoms with E-state index in [-0.39, 0.29) is 0 Å². The van der Waals surface area contributed by atoms with Crippen LogP contribution < -0.4 is 5.73 Å². The number of aliphatic hydroxyl groups is 2. The van der Waals surface area contributed by atoms with Crippen molar-refractivity contribution in [2.24, 2.45) is 5.73 Å². The zero-order valence-electron chi connectivity index (χ0n) is 5.01. The van der Waals surface area contributed by atoms with Gasteiger partial charge in [-0.05, 0) is 0 Å². The largest absolute Gasteiger partial charge is 0.394 e. The molecule has 10 heavy (non-hydrogen) atoms. The Morgan fingerprint density at radius 2 is 1.90 bits per heavy atom. The molecule has 0 bridgehead atoms. The topological polar surface area (TPSA) is 121 Å². The summed E-state index contributed by atoms with van der Waals surface area (Å²) in [6, 6.07) is 0. The van der Waals surface area contributed by atoms with Crippen molar-refractivity contribution < 1.29 is 23.2 Å². The Hall–Kier alpha value is -0.210. The van der Waals surface area contributed by atoms with Crippen LogP contribution in [0.15, 0.2) is 0 Å². The standard InChI is InChI=1S/C3H9NO5S/c4-3(2(6)1-5)10(7,8)9/h2-3,5-6H,1,4H2,(H,7,8,9). The fraction of sp³-hybridized carbons (Fsp3) is 1.00. The molecule has 5 N–H and O–H groups in total. The van der Waals surface area contributed by atoms with Crippen molar-refractivity contribution in [2.75, 3.05) is 6.61 Å². The summed E-state index contributed by atoms with van der Waals surface area (Å²) in [5, 5.41) is 14.9. The zero-order chi connectivity index (χ0) is 8.36. The van der Waals surface area contributed by atoms with Gasteiger partial charge in [0.05, 0.1) is 6.61 Å². The van der Waals surface area contributed by atoms with Crippen LogP contribution >= 0.6 is 0 Å². The number of nitrogens with two attached hydrogens (primary N) is 1. The highest BCUT2D eigenvalue weighted by molar-refractivity contribution is 7.86. The summed E-state index contributed by atoms with van der Waals surface area (Å²) in [5.41, 5.74) is 4.76. The molecule has 62 valence electrons. The predicted molar refractivity (Wildman–Crippen MR) is 32.6 cm³/mol. The van der Waals surface area contributed by atoms with Gasteiger partial charge in [-0.2, -0.15) is 8.42 Å². The Bertz CT molecular complexity index is 187. The van der Waals surface area contributed by atoms with Crippen LogP contribution in [0.2, 0.25) is 0 Å². The van der Waals surface area contributed by atoms with Crippen molar-refractivity contribution in [3.8, 4) is 0 Å². The average molecular weight is 171 g/mol. The lowest BCUT2D eigenvalue weighted by molar-refractivity contribution is 0.0902. The molecule has 0 radical (unpaired) electrons. The molecule has 0 aliphatic heterocycles. The van der Waals surface area contributed by atoms with E-state index in [1.54, 1.807) is 0 Å². The first-order valence-corrected chi connectivity index (χ1v) is 3.90. The summed E-state index contributed by atoms with van der Waals surface area (Å²) >= 11 is 0. The van der Waals surface area contributed by atoms with Gasteiger partial charge in [0.15, 0.2) is 5.37 Å². The van der Waals surface area contributed by atoms with E-state index < -0.39 is 28.2 Å². The lowest BCUT2D eigenvalue weighted by atomic mass is 10.4. The third-order valence-electron chi connectivity index (χ3n) is 0.910. The van der Waals surface area contributed by atoms with Crippen LogP contribution in [0.3, 0.4) is 0 Å². The number of hydrogen-bond acceptors (Lipinski definition) is 5. The van der Waals surface area contributed by atoms with E-state index in [0.717, 1.165) is 0 Å². The Morgan fingerprint density at radius 1 is 1.50 bits per heavy atom. The van der Waals surface area contributed by atoms with Crippen LogP contribution in [0.4, 0.5) is 0 Å². The minimum atomic E-state index is -4.45. The maximum Gasteiger partial charge on any atom is 0.283 e. The van der Waals surface area contributed by atoms with Gasteiger partial charge in [-0.3, -0.25) is 4.55 Å². The molecular weight excluding hydrogens is 162 g/mol. The zero-order valence-corrected chi connectivity index (χ0v) is 5.82. The molecule has 2 atom stereocenters. The molecule has 7 heteroatoms. The minimum Gasteiger partial charge on any atom is -0.394 e. The molecule has 6 nitrogen and oxygen atoms in total. The minimum absolute atomic E-state index is 0.805. The Kier molecular flexibility index (Phi) is 3.19. The van der Waals surface area contributed by atoms with E-state index in [1.807, 2.05) is 0 Å². The van der Waals surface area contributed by atoms with Crippen LogP contribution in [0.1, 0.15) is 0 Å². The van der Waals surface area contributed by atoms with Gasteiger partial charge in [0, 0.05) is 0 Å². The maximum absolute atomic E-state index is 10.1. The van der Waals surface area contributed by atoms with Crippen LogP contribution in [-0.4, -0.2) is 41.3 Å². The molecular formula is C3H9NO5S. The van der Waals surface area contributed by atoms with Gasteiger partial charge in [-0.1, -0.05) is 0 Å². The van der Waals surface area contributed by atoms with Crippen molar-refractivity contribution in [3.05, 3.63) is 0 Å². The molecule has 0 aromatic heterocycles. The fourth-order valence-electron chi connectivity index (χ4n) is 0.302. The smallest absolute Gasteiger partial charge is 0.283 e. The van der Waals surface area contributed by atoms with Gasteiger partial charge in [0.25, 0.3) is 10.1 Å². The summed E-state index contributed by atoms with van der Waals surface area (Å²) < 4.78 is 28.3. The third kappa shape index (κ3) is 2.58. The van der Waals surface area contributed by atoms with E-state index in [2.05, 4.69) is 0 Å². The Labute approximate surface area is 58.0 Å². The van der Waals surface area contributed by atoms with Gasteiger partial charge in [0.2, 0.25) is 0 Å². The maximum atomic E-state index is 10.1. The van der Waals surface area contributed by atoms with Gasteiger partial charge in [-0.15, -0.1) is 0 Å². The molecule has 0 aromatic rings. The van der Waals surface area contributed by atoms with Crippen molar-refractivity contribution in [1.29, 1.82) is 0 Å². The summed E-state index contributed by atoms with van der Waals surface area (Å²) in [6.07, 6.45) is -1.64. The summed E-state index contributed by atoms with van der Waals surface area (Å²) in [5.74, 6) is 0. The molecule has 0 aromatic carbocycles. The fourth-order valence-corrected chi connectivity index (χ4v) is 0.785. The molecule has 0 rings (SSSR count). The van der Waals surface area contributed by atoms with Crippen molar-refractivity contribution >= 4 is 10.1 Å². The van der Waals surface area contributed by atoms with Gasteiger partial charge < -0.3 is 15.9 Å². The predicted octanol–water partition coefficient (Wildman–Crippen LogP) is -2.49. The lowest BCUT2D eigenvalue weighted by Crippen LogP contribution is -2.43. The molecule has 0 spiro atoms.